The van der Waals surface area contributed by atoms with Crippen LogP contribution in [0.5, 0.6) is 0 Å². The first-order valence-corrected chi connectivity index (χ1v) is 16.4. The van der Waals surface area contributed by atoms with E-state index in [1.54, 1.807) is 0 Å². The third-order valence-electron chi connectivity index (χ3n) is 6.55. The van der Waals surface area contributed by atoms with Gasteiger partial charge in [0.2, 0.25) is 0 Å². The molecule has 3 heteroatoms. The fraction of sp³-hybridized carbons (Fsp3) is 0.188. The molecule has 0 fully saturated rings. The molecule has 0 aliphatic heterocycles. The molecule has 35 heavy (non-hydrogen) atoms. The molecule has 0 aromatic heterocycles. The monoisotopic (exact) mass is 628 g/mol. The Hall–Kier alpha value is -1.93. The van der Waals surface area contributed by atoms with Crippen LogP contribution < -0.4 is 0 Å². The maximum atomic E-state index is 3.85. The Balaban J connectivity index is 0.000000917. The fourth-order valence-corrected chi connectivity index (χ4v) is 5.29. The summed E-state index contributed by atoms with van der Waals surface area (Å²) in [5, 5.41) is 2.58. The molecule has 0 saturated heterocycles. The number of aryl methyl sites for hydroxylation is 6. The van der Waals surface area contributed by atoms with Crippen LogP contribution >= 0.6 is 28.5 Å². The molecule has 5 rings (SSSR count). The van der Waals surface area contributed by atoms with Crippen molar-refractivity contribution >= 4 is 50.4 Å². The van der Waals surface area contributed by atoms with E-state index in [1.807, 2.05) is 0 Å². The van der Waals surface area contributed by atoms with Gasteiger partial charge in [0, 0.05) is 0 Å². The van der Waals surface area contributed by atoms with Crippen molar-refractivity contribution in [2.24, 2.45) is 0 Å². The molecule has 0 amide bonds. The second-order valence-corrected chi connectivity index (χ2v) is 14.3. The van der Waals surface area contributed by atoms with Crippen LogP contribution in [-0.2, 0) is 10.9 Å². The van der Waals surface area contributed by atoms with Gasteiger partial charge < -0.3 is 0 Å². The van der Waals surface area contributed by atoms with Crippen molar-refractivity contribution in [2.75, 3.05) is 0 Å². The van der Waals surface area contributed by atoms with Crippen LogP contribution in [0.25, 0.3) is 21.9 Å². The van der Waals surface area contributed by atoms with Crippen molar-refractivity contribution in [3.8, 4) is 0 Å². The van der Waals surface area contributed by atoms with E-state index in [1.165, 1.54) is 77.3 Å². The Morgan fingerprint density at radius 3 is 1.26 bits per heavy atom. The summed E-state index contributed by atoms with van der Waals surface area (Å²) in [5.74, 6) is 0. The van der Waals surface area contributed by atoms with Crippen molar-refractivity contribution in [3.63, 3.8) is 0 Å². The number of hydrogen-bond donors (Lipinski definition) is 0. The number of hydrogen-bond acceptors (Lipinski definition) is 0. The first-order chi connectivity index (χ1) is 16.7. The van der Waals surface area contributed by atoms with Crippen LogP contribution in [0.3, 0.4) is 0 Å². The van der Waals surface area contributed by atoms with Gasteiger partial charge in [-0.3, -0.25) is 0 Å². The summed E-state index contributed by atoms with van der Waals surface area (Å²) in [7, 11) is 1.25. The third-order valence-corrected chi connectivity index (χ3v) is 6.55. The Morgan fingerprint density at radius 2 is 0.914 bits per heavy atom. The quantitative estimate of drug-likeness (QED) is 0.153. The molecule has 4 aromatic carbocycles. The van der Waals surface area contributed by atoms with Crippen LogP contribution in [0, 0.1) is 53.7 Å². The summed E-state index contributed by atoms with van der Waals surface area (Å²) in [5.41, 5.74) is 14.8. The van der Waals surface area contributed by atoms with Gasteiger partial charge in [0.05, 0.1) is 0 Å². The summed E-state index contributed by atoms with van der Waals surface area (Å²) in [6.07, 6.45) is 7.70. The second-order valence-electron chi connectivity index (χ2n) is 9.30. The van der Waals surface area contributed by atoms with E-state index in [-0.39, 0.29) is 0 Å². The minimum absolute atomic E-state index is 1.14. The second kappa shape index (κ2) is 11.0. The Bertz CT molecular complexity index is 1340. The van der Waals surface area contributed by atoms with Gasteiger partial charge in [0.25, 0.3) is 0 Å². The molecule has 0 heterocycles. The van der Waals surface area contributed by atoms with E-state index >= 15 is 0 Å². The number of halogens is 2. The van der Waals surface area contributed by atoms with Crippen molar-refractivity contribution in [3.05, 3.63) is 128 Å². The minimum atomic E-state index is 1.14. The Kier molecular flexibility index (Phi) is 8.21. The summed E-state index contributed by atoms with van der Waals surface area (Å²) in [6.45, 7) is 13.1. The molecule has 0 bridgehead atoms. The van der Waals surface area contributed by atoms with Crippen LogP contribution in [0.2, 0.25) is 0 Å². The summed E-state index contributed by atoms with van der Waals surface area (Å²) in [4.78, 5) is 0. The van der Waals surface area contributed by atoms with Crippen LogP contribution in [0.1, 0.15) is 55.6 Å². The molecule has 180 valence electrons. The van der Waals surface area contributed by atoms with Gasteiger partial charge in [-0.2, -0.15) is 23.3 Å². The number of allylic oxidation sites excluding steroid dienone is 2. The van der Waals surface area contributed by atoms with Gasteiger partial charge in [0.15, 0.2) is 0 Å². The summed E-state index contributed by atoms with van der Waals surface area (Å²) >= 11 is 6.00. The number of rotatable bonds is 2. The normalized spacial score (nSPS) is 14.6. The molecule has 0 spiro atoms. The van der Waals surface area contributed by atoms with Crippen LogP contribution in [-0.4, -0.2) is 0 Å². The molecule has 0 unspecified atom stereocenters. The molecule has 0 nitrogen and oxygen atoms in total. The maximum absolute atomic E-state index is 3.85. The zero-order chi connectivity index (χ0) is 25.3. The van der Waals surface area contributed by atoms with Gasteiger partial charge in [-0.1, -0.05) is 105 Å². The first kappa shape index (κ1) is 26.1. The molecular weight excluding hydrogens is 603 g/mol. The van der Waals surface area contributed by atoms with E-state index in [0.717, 1.165) is 11.1 Å². The fourth-order valence-electron chi connectivity index (χ4n) is 5.29. The zero-order valence-electron chi connectivity index (χ0n) is 20.8. The SMILES string of the molecule is Cc1cc(C)c([C-]=C2C(=[C-]c3c(C)cc(C)cc3C)c3cccc4cccc2c34)c(C)c1.[Br][Ni+2][Br]. The third kappa shape index (κ3) is 5.29. The number of benzene rings is 4. The predicted octanol–water partition coefficient (Wildman–Crippen LogP) is 9.86. The molecule has 0 saturated carbocycles. The van der Waals surface area contributed by atoms with Crippen molar-refractivity contribution in [2.45, 2.75) is 41.5 Å². The van der Waals surface area contributed by atoms with Crippen molar-refractivity contribution in [1.82, 2.24) is 0 Å². The van der Waals surface area contributed by atoms with E-state index in [2.05, 4.69) is 143 Å². The molecule has 4 aromatic rings. The molecule has 1 aliphatic rings. The Labute approximate surface area is 229 Å². The summed E-state index contributed by atoms with van der Waals surface area (Å²) < 4.78 is 0. The zero-order valence-corrected chi connectivity index (χ0v) is 25.0. The van der Waals surface area contributed by atoms with Gasteiger partial charge in [-0.25, -0.2) is 0 Å². The van der Waals surface area contributed by atoms with Crippen LogP contribution in [0.4, 0.5) is 0 Å². The molecule has 0 N–H and O–H groups in total. The van der Waals surface area contributed by atoms with E-state index < -0.39 is 0 Å². The van der Waals surface area contributed by atoms with E-state index in [9.17, 15) is 0 Å². The standard InChI is InChI=1S/C32H28.2BrH.Ni/c1-19-13-21(3)28(22(4)14-19)17-30-26-11-7-9-25-10-8-12-27(32(25)26)31(30)18-29-23(5)15-20(2)16-24(29)6;;;/h7-16H,1-6H3;2*1H;/q-2;;;+4/p-2. The molecular formula is C32H28Br2Ni. The average molecular weight is 631 g/mol. The van der Waals surface area contributed by atoms with Gasteiger partial charge >= 0.3 is 39.3 Å². The van der Waals surface area contributed by atoms with Gasteiger partial charge in [-0.15, -0.1) is 44.5 Å². The van der Waals surface area contributed by atoms with E-state index in [4.69, 9.17) is 0 Å². The van der Waals surface area contributed by atoms with Crippen molar-refractivity contribution in [1.29, 1.82) is 0 Å². The molecule has 0 atom stereocenters. The van der Waals surface area contributed by atoms with E-state index in [0.29, 0.717) is 0 Å². The average Bonchev–Trinajstić information content (AvgIpc) is 3.08. The molecule has 1 aliphatic carbocycles. The predicted molar refractivity (Wildman–Crippen MR) is 155 cm³/mol. The van der Waals surface area contributed by atoms with Crippen molar-refractivity contribution < 1.29 is 10.9 Å². The summed E-state index contributed by atoms with van der Waals surface area (Å²) in [6, 6.07) is 22.2. The van der Waals surface area contributed by atoms with Gasteiger partial charge in [0.1, 0.15) is 0 Å². The first-order valence-electron chi connectivity index (χ1n) is 11.5. The topological polar surface area (TPSA) is 0 Å². The Morgan fingerprint density at radius 1 is 0.571 bits per heavy atom. The molecule has 0 radical (unpaired) electrons. The van der Waals surface area contributed by atoms with Crippen LogP contribution in [0.15, 0.2) is 60.7 Å². The van der Waals surface area contributed by atoms with Gasteiger partial charge in [-0.05, 0) is 19.2 Å².